The maximum atomic E-state index is 12.6. The number of thiophene rings is 1. The molecule has 0 bridgehead atoms. The van der Waals surface area contributed by atoms with Gasteiger partial charge in [-0.25, -0.2) is 0 Å². The molecule has 4 aromatic heterocycles. The third-order valence-electron chi connectivity index (χ3n) is 4.21. The largest absolute Gasteiger partial charge is 0.346 e. The second kappa shape index (κ2) is 7.72. The normalized spacial score (nSPS) is 10.8. The van der Waals surface area contributed by atoms with Crippen LogP contribution in [0.3, 0.4) is 0 Å². The Hall–Kier alpha value is -3.73. The average molecular weight is 410 g/mol. The van der Waals surface area contributed by atoms with E-state index in [1.165, 1.54) is 10.9 Å². The van der Waals surface area contributed by atoms with E-state index >= 15 is 0 Å². The van der Waals surface area contributed by atoms with E-state index in [2.05, 4.69) is 31.0 Å². The Labute approximate surface area is 169 Å². The molecule has 148 valence electrons. The maximum absolute atomic E-state index is 12.6. The predicted molar refractivity (Wildman–Crippen MR) is 107 cm³/mol. The first-order chi connectivity index (χ1) is 14.0. The van der Waals surface area contributed by atoms with Crippen molar-refractivity contribution in [3.8, 4) is 10.6 Å². The highest BCUT2D eigenvalue weighted by molar-refractivity contribution is 7.13. The van der Waals surface area contributed by atoms with Gasteiger partial charge in [-0.05, 0) is 17.5 Å². The van der Waals surface area contributed by atoms with Crippen molar-refractivity contribution < 1.29 is 9.59 Å². The zero-order valence-electron chi connectivity index (χ0n) is 15.7. The van der Waals surface area contributed by atoms with Crippen LogP contribution in [0.2, 0.25) is 0 Å². The van der Waals surface area contributed by atoms with Crippen molar-refractivity contribution in [3.05, 3.63) is 59.1 Å². The molecule has 4 rings (SSSR count). The Morgan fingerprint density at radius 3 is 2.79 bits per heavy atom. The van der Waals surface area contributed by atoms with Crippen molar-refractivity contribution in [1.82, 2.24) is 35.1 Å². The van der Waals surface area contributed by atoms with Gasteiger partial charge in [0.25, 0.3) is 11.8 Å². The lowest BCUT2D eigenvalue weighted by atomic mass is 10.2. The van der Waals surface area contributed by atoms with Crippen LogP contribution in [0.5, 0.6) is 0 Å². The number of nitrogens with one attached hydrogen (secondary N) is 3. The summed E-state index contributed by atoms with van der Waals surface area (Å²) in [7, 11) is 3.44. The smallest absolute Gasteiger partial charge is 0.276 e. The van der Waals surface area contributed by atoms with Crippen molar-refractivity contribution in [3.63, 3.8) is 0 Å². The summed E-state index contributed by atoms with van der Waals surface area (Å²) in [6.07, 6.45) is 4.92. The molecule has 10 nitrogen and oxygen atoms in total. The van der Waals surface area contributed by atoms with Gasteiger partial charge in [-0.2, -0.15) is 15.3 Å². The minimum absolute atomic E-state index is 0.221. The van der Waals surface area contributed by atoms with Crippen LogP contribution >= 0.6 is 11.3 Å². The van der Waals surface area contributed by atoms with E-state index < -0.39 is 5.91 Å². The lowest BCUT2D eigenvalue weighted by Crippen LogP contribution is -2.26. The molecule has 3 N–H and O–H groups in total. The summed E-state index contributed by atoms with van der Waals surface area (Å²) in [5.41, 5.74) is 2.40. The molecule has 4 heterocycles. The molecule has 11 heteroatoms. The summed E-state index contributed by atoms with van der Waals surface area (Å²) in [5, 5.41) is 22.5. The molecule has 0 aliphatic rings. The minimum Gasteiger partial charge on any atom is -0.346 e. The molecule has 4 aromatic rings. The molecule has 0 aliphatic heterocycles. The topological polar surface area (TPSA) is 123 Å². The Morgan fingerprint density at radius 1 is 1.21 bits per heavy atom. The number of amides is 2. The van der Waals surface area contributed by atoms with Crippen LogP contribution in [0.1, 0.15) is 26.5 Å². The van der Waals surface area contributed by atoms with Crippen molar-refractivity contribution in [2.75, 3.05) is 5.32 Å². The van der Waals surface area contributed by atoms with Crippen LogP contribution in [0.4, 0.5) is 5.69 Å². The highest BCUT2D eigenvalue weighted by atomic mass is 32.1. The van der Waals surface area contributed by atoms with Gasteiger partial charge in [0, 0.05) is 32.4 Å². The predicted octanol–water partition coefficient (Wildman–Crippen LogP) is 1.79. The van der Waals surface area contributed by atoms with Crippen LogP contribution in [-0.4, -0.2) is 41.6 Å². The second-order valence-corrected chi connectivity index (χ2v) is 7.28. The molecule has 0 atom stereocenters. The SMILES string of the molecule is Cn1cc(CNC(=O)c2c(NC(=O)c3cc(-c4cccs4)[nH]n3)cnn2C)cn1. The molecule has 0 fully saturated rings. The first kappa shape index (κ1) is 18.6. The van der Waals surface area contributed by atoms with Crippen molar-refractivity contribution in [1.29, 1.82) is 0 Å². The van der Waals surface area contributed by atoms with Gasteiger partial charge in [-0.15, -0.1) is 11.3 Å². The van der Waals surface area contributed by atoms with E-state index in [1.54, 1.807) is 42.4 Å². The Balaban J connectivity index is 1.46. The quantitative estimate of drug-likeness (QED) is 0.447. The molecular weight excluding hydrogens is 392 g/mol. The van der Waals surface area contributed by atoms with Crippen molar-refractivity contribution in [2.24, 2.45) is 14.1 Å². The highest BCUT2D eigenvalue weighted by Crippen LogP contribution is 2.23. The van der Waals surface area contributed by atoms with E-state index in [-0.39, 0.29) is 17.3 Å². The van der Waals surface area contributed by atoms with Gasteiger partial charge in [-0.1, -0.05) is 6.07 Å². The first-order valence-electron chi connectivity index (χ1n) is 8.69. The van der Waals surface area contributed by atoms with E-state index in [0.29, 0.717) is 12.2 Å². The molecule has 0 spiro atoms. The molecule has 29 heavy (non-hydrogen) atoms. The van der Waals surface area contributed by atoms with Gasteiger partial charge < -0.3 is 10.6 Å². The zero-order valence-corrected chi connectivity index (χ0v) is 16.5. The summed E-state index contributed by atoms with van der Waals surface area (Å²) in [4.78, 5) is 26.2. The van der Waals surface area contributed by atoms with Gasteiger partial charge in [0.2, 0.25) is 0 Å². The number of aryl methyl sites for hydroxylation is 2. The fourth-order valence-corrected chi connectivity index (χ4v) is 3.50. The Bertz CT molecular complexity index is 1150. The molecule has 0 unspecified atom stereocenters. The molecule has 0 radical (unpaired) electrons. The van der Waals surface area contributed by atoms with Crippen molar-refractivity contribution in [2.45, 2.75) is 6.54 Å². The minimum atomic E-state index is -0.432. The summed E-state index contributed by atoms with van der Waals surface area (Å²) in [5.74, 6) is -0.788. The second-order valence-electron chi connectivity index (χ2n) is 6.33. The lowest BCUT2D eigenvalue weighted by Gasteiger charge is -2.07. The number of hydrogen-bond acceptors (Lipinski definition) is 6. The Kier molecular flexibility index (Phi) is 4.96. The molecular formula is C18H18N8O2S. The number of H-pyrrole nitrogens is 1. The third kappa shape index (κ3) is 3.94. The van der Waals surface area contributed by atoms with Gasteiger partial charge in [0.05, 0.1) is 28.7 Å². The fourth-order valence-electron chi connectivity index (χ4n) is 2.81. The van der Waals surface area contributed by atoms with Crippen LogP contribution < -0.4 is 10.6 Å². The lowest BCUT2D eigenvalue weighted by molar-refractivity contribution is 0.0942. The van der Waals surface area contributed by atoms with E-state index in [9.17, 15) is 9.59 Å². The molecule has 0 saturated carbocycles. The van der Waals surface area contributed by atoms with E-state index in [1.807, 2.05) is 23.7 Å². The number of carbonyl (C=O) groups excluding carboxylic acids is 2. The number of aromatic amines is 1. The van der Waals surface area contributed by atoms with Gasteiger partial charge in [0.15, 0.2) is 5.69 Å². The zero-order chi connectivity index (χ0) is 20.4. The van der Waals surface area contributed by atoms with Gasteiger partial charge in [-0.3, -0.25) is 24.1 Å². The van der Waals surface area contributed by atoms with E-state index in [4.69, 9.17) is 0 Å². The number of rotatable bonds is 6. The molecule has 0 aliphatic carbocycles. The number of hydrogen-bond donors (Lipinski definition) is 3. The van der Waals surface area contributed by atoms with E-state index in [0.717, 1.165) is 16.1 Å². The van der Waals surface area contributed by atoms with Crippen LogP contribution in [-0.2, 0) is 20.6 Å². The van der Waals surface area contributed by atoms with Gasteiger partial charge >= 0.3 is 0 Å². The van der Waals surface area contributed by atoms with Crippen molar-refractivity contribution >= 4 is 28.8 Å². The van der Waals surface area contributed by atoms with Crippen LogP contribution in [0, 0.1) is 0 Å². The summed E-state index contributed by atoms with van der Waals surface area (Å²) >= 11 is 1.54. The number of aromatic nitrogens is 6. The summed E-state index contributed by atoms with van der Waals surface area (Å²) in [6, 6.07) is 5.53. The Morgan fingerprint density at radius 2 is 2.07 bits per heavy atom. The maximum Gasteiger partial charge on any atom is 0.276 e. The first-order valence-corrected chi connectivity index (χ1v) is 9.57. The molecule has 2 amide bonds. The monoisotopic (exact) mass is 410 g/mol. The number of anilines is 1. The number of carbonyl (C=O) groups is 2. The molecule has 0 aromatic carbocycles. The number of nitrogens with zero attached hydrogens (tertiary/aromatic N) is 5. The van der Waals surface area contributed by atoms with Gasteiger partial charge in [0.1, 0.15) is 5.69 Å². The third-order valence-corrected chi connectivity index (χ3v) is 5.11. The average Bonchev–Trinajstić information content (AvgIpc) is 3.47. The van der Waals surface area contributed by atoms with Crippen LogP contribution in [0.15, 0.2) is 42.2 Å². The molecule has 0 saturated heterocycles. The van der Waals surface area contributed by atoms with Crippen LogP contribution in [0.25, 0.3) is 10.6 Å². The summed E-state index contributed by atoms with van der Waals surface area (Å²) in [6.45, 7) is 0.314. The standard InChI is InChI=1S/C18H18N8O2S/c1-25-10-11(8-20-25)7-19-18(28)16-14(9-21-26(16)2)22-17(27)13-6-12(23-24-13)15-4-3-5-29-15/h3-6,8-10H,7H2,1-2H3,(H,19,28)(H,22,27)(H,23,24). The fraction of sp³-hybridized carbons (Fsp3) is 0.167. The highest BCUT2D eigenvalue weighted by Gasteiger charge is 2.20. The summed E-state index contributed by atoms with van der Waals surface area (Å²) < 4.78 is 3.07.